The van der Waals surface area contributed by atoms with Gasteiger partial charge in [0.05, 0.1) is 0 Å². The molecule has 18 heavy (non-hydrogen) atoms. The van der Waals surface area contributed by atoms with Crippen LogP contribution in [0.2, 0.25) is 0 Å². The van der Waals surface area contributed by atoms with Crippen molar-refractivity contribution in [2.24, 2.45) is 7.05 Å². The SMILES string of the molecule is CNCc1cnc(Sc2n[nH]c(=O)n2C)c(C)c1. The smallest absolute Gasteiger partial charge is 0.316 e. The van der Waals surface area contributed by atoms with Gasteiger partial charge in [0.15, 0.2) is 5.16 Å². The third-order valence-electron chi connectivity index (χ3n) is 2.49. The molecule has 2 aromatic rings. The summed E-state index contributed by atoms with van der Waals surface area (Å²) in [7, 11) is 3.58. The van der Waals surface area contributed by atoms with Gasteiger partial charge in [0, 0.05) is 19.8 Å². The first-order valence-electron chi connectivity index (χ1n) is 5.51. The molecule has 0 saturated heterocycles. The second kappa shape index (κ2) is 5.36. The molecule has 2 heterocycles. The van der Waals surface area contributed by atoms with Crippen LogP contribution in [0.5, 0.6) is 0 Å². The molecule has 2 aromatic heterocycles. The molecule has 0 radical (unpaired) electrons. The Balaban J connectivity index is 2.24. The highest BCUT2D eigenvalue weighted by molar-refractivity contribution is 7.99. The van der Waals surface area contributed by atoms with Crippen molar-refractivity contribution in [3.8, 4) is 0 Å². The summed E-state index contributed by atoms with van der Waals surface area (Å²) in [5, 5.41) is 10.9. The summed E-state index contributed by atoms with van der Waals surface area (Å²) in [5.41, 5.74) is 1.99. The normalized spacial score (nSPS) is 10.8. The highest BCUT2D eigenvalue weighted by Gasteiger charge is 2.09. The molecule has 2 N–H and O–H groups in total. The van der Waals surface area contributed by atoms with Gasteiger partial charge in [-0.2, -0.15) is 0 Å². The van der Waals surface area contributed by atoms with Gasteiger partial charge in [-0.1, -0.05) is 6.07 Å². The Labute approximate surface area is 109 Å². The number of hydrogen-bond acceptors (Lipinski definition) is 5. The molecule has 0 unspecified atom stereocenters. The number of aromatic nitrogens is 4. The van der Waals surface area contributed by atoms with Crippen LogP contribution in [0.15, 0.2) is 27.2 Å². The molecule has 6 nitrogen and oxygen atoms in total. The summed E-state index contributed by atoms with van der Waals surface area (Å²) in [5.74, 6) is 0. The molecule has 0 bridgehead atoms. The standard InChI is InChI=1S/C11H15N5OS/c1-7-4-8(5-12-2)6-13-9(7)18-11-15-14-10(17)16(11)3/h4,6,12H,5H2,1-3H3,(H,14,17). The quantitative estimate of drug-likeness (QED) is 0.850. The second-order valence-corrected chi connectivity index (χ2v) is 4.92. The van der Waals surface area contributed by atoms with Crippen molar-refractivity contribution in [1.82, 2.24) is 25.1 Å². The molecule has 0 amide bonds. The molecule has 2 rings (SSSR count). The van der Waals surface area contributed by atoms with E-state index >= 15 is 0 Å². The summed E-state index contributed by atoms with van der Waals surface area (Å²) < 4.78 is 1.47. The van der Waals surface area contributed by atoms with Crippen LogP contribution in [0.4, 0.5) is 0 Å². The topological polar surface area (TPSA) is 75.6 Å². The number of aryl methyl sites for hydroxylation is 1. The number of pyridine rings is 1. The van der Waals surface area contributed by atoms with E-state index in [2.05, 4.69) is 26.6 Å². The zero-order valence-corrected chi connectivity index (χ0v) is 11.3. The van der Waals surface area contributed by atoms with Crippen LogP contribution in [0.25, 0.3) is 0 Å². The van der Waals surface area contributed by atoms with Gasteiger partial charge in [0.25, 0.3) is 0 Å². The van der Waals surface area contributed by atoms with Gasteiger partial charge in [0.2, 0.25) is 0 Å². The van der Waals surface area contributed by atoms with Crippen molar-refractivity contribution in [3.05, 3.63) is 33.9 Å². The summed E-state index contributed by atoms with van der Waals surface area (Å²) in [6.07, 6.45) is 1.83. The molecular formula is C11H15N5OS. The van der Waals surface area contributed by atoms with E-state index in [9.17, 15) is 4.79 Å². The van der Waals surface area contributed by atoms with Crippen molar-refractivity contribution in [2.75, 3.05) is 7.05 Å². The Morgan fingerprint density at radius 1 is 1.56 bits per heavy atom. The van der Waals surface area contributed by atoms with Crippen LogP contribution in [0.1, 0.15) is 11.1 Å². The van der Waals surface area contributed by atoms with Gasteiger partial charge in [0.1, 0.15) is 5.03 Å². The van der Waals surface area contributed by atoms with E-state index in [1.807, 2.05) is 20.2 Å². The lowest BCUT2D eigenvalue weighted by Crippen LogP contribution is -2.12. The monoisotopic (exact) mass is 265 g/mol. The summed E-state index contributed by atoms with van der Waals surface area (Å²) in [4.78, 5) is 15.7. The Morgan fingerprint density at radius 2 is 2.33 bits per heavy atom. The molecule has 7 heteroatoms. The largest absolute Gasteiger partial charge is 0.343 e. The van der Waals surface area contributed by atoms with E-state index in [0.29, 0.717) is 5.16 Å². The van der Waals surface area contributed by atoms with Crippen LogP contribution in [-0.2, 0) is 13.6 Å². The average molecular weight is 265 g/mol. The van der Waals surface area contributed by atoms with Crippen LogP contribution in [0, 0.1) is 6.92 Å². The van der Waals surface area contributed by atoms with Crippen molar-refractivity contribution in [1.29, 1.82) is 0 Å². The Hall–Kier alpha value is -1.60. The van der Waals surface area contributed by atoms with Gasteiger partial charge in [-0.3, -0.25) is 4.57 Å². The fourth-order valence-electron chi connectivity index (χ4n) is 1.54. The van der Waals surface area contributed by atoms with Gasteiger partial charge in [-0.15, -0.1) is 5.10 Å². The van der Waals surface area contributed by atoms with E-state index in [4.69, 9.17) is 0 Å². The third kappa shape index (κ3) is 2.62. The highest BCUT2D eigenvalue weighted by Crippen LogP contribution is 2.25. The van der Waals surface area contributed by atoms with E-state index in [-0.39, 0.29) is 5.69 Å². The fraction of sp³-hybridized carbons (Fsp3) is 0.364. The lowest BCUT2D eigenvalue weighted by atomic mass is 10.2. The maximum atomic E-state index is 11.3. The number of nitrogens with one attached hydrogen (secondary N) is 2. The van der Waals surface area contributed by atoms with Crippen LogP contribution in [-0.4, -0.2) is 26.8 Å². The van der Waals surface area contributed by atoms with Crippen LogP contribution < -0.4 is 11.0 Å². The van der Waals surface area contributed by atoms with Crippen molar-refractivity contribution < 1.29 is 0 Å². The Bertz CT molecular complexity index is 604. The van der Waals surface area contributed by atoms with Crippen molar-refractivity contribution >= 4 is 11.8 Å². The number of nitrogens with zero attached hydrogens (tertiary/aromatic N) is 3. The van der Waals surface area contributed by atoms with Gasteiger partial charge in [-0.05, 0) is 36.9 Å². The first-order valence-corrected chi connectivity index (χ1v) is 6.33. The van der Waals surface area contributed by atoms with E-state index < -0.39 is 0 Å². The fourth-order valence-corrected chi connectivity index (χ4v) is 2.35. The van der Waals surface area contributed by atoms with Gasteiger partial charge in [-0.25, -0.2) is 14.9 Å². The predicted molar refractivity (Wildman–Crippen MR) is 69.7 cm³/mol. The van der Waals surface area contributed by atoms with Gasteiger partial charge >= 0.3 is 5.69 Å². The number of H-pyrrole nitrogens is 1. The van der Waals surface area contributed by atoms with E-state index in [1.165, 1.54) is 16.3 Å². The van der Waals surface area contributed by atoms with Crippen LogP contribution in [0.3, 0.4) is 0 Å². The van der Waals surface area contributed by atoms with Gasteiger partial charge < -0.3 is 5.32 Å². The predicted octanol–water partition coefficient (Wildman–Crippen LogP) is 0.682. The maximum Gasteiger partial charge on any atom is 0.343 e. The zero-order chi connectivity index (χ0) is 13.1. The second-order valence-electron chi connectivity index (χ2n) is 3.97. The number of rotatable bonds is 4. The minimum Gasteiger partial charge on any atom is -0.316 e. The minimum absolute atomic E-state index is 0.220. The molecule has 0 aliphatic carbocycles. The molecule has 0 aromatic carbocycles. The Kier molecular flexibility index (Phi) is 3.83. The third-order valence-corrected chi connectivity index (χ3v) is 3.66. The first kappa shape index (κ1) is 12.8. The van der Waals surface area contributed by atoms with Crippen molar-refractivity contribution in [3.63, 3.8) is 0 Å². The average Bonchev–Trinajstić information content (AvgIpc) is 2.65. The summed E-state index contributed by atoms with van der Waals surface area (Å²) in [6, 6.07) is 2.08. The van der Waals surface area contributed by atoms with Crippen LogP contribution >= 0.6 is 11.8 Å². The molecule has 0 spiro atoms. The molecule has 0 aliphatic rings. The van der Waals surface area contributed by atoms with Crippen molar-refractivity contribution in [2.45, 2.75) is 23.7 Å². The Morgan fingerprint density at radius 3 is 2.89 bits per heavy atom. The summed E-state index contributed by atoms with van der Waals surface area (Å²) in [6.45, 7) is 2.79. The molecular weight excluding hydrogens is 250 g/mol. The highest BCUT2D eigenvalue weighted by atomic mass is 32.2. The zero-order valence-electron chi connectivity index (χ0n) is 10.5. The molecule has 0 atom stereocenters. The van der Waals surface area contributed by atoms with E-state index in [0.717, 1.165) is 22.7 Å². The molecule has 0 saturated carbocycles. The molecule has 0 fully saturated rings. The lowest BCUT2D eigenvalue weighted by Gasteiger charge is -2.06. The number of hydrogen-bond donors (Lipinski definition) is 2. The summed E-state index contributed by atoms with van der Waals surface area (Å²) >= 11 is 1.38. The lowest BCUT2D eigenvalue weighted by molar-refractivity contribution is 0.763. The maximum absolute atomic E-state index is 11.3. The first-order chi connectivity index (χ1) is 8.61. The molecule has 96 valence electrons. The number of aromatic amines is 1. The minimum atomic E-state index is -0.220. The van der Waals surface area contributed by atoms with E-state index in [1.54, 1.807) is 7.05 Å². The molecule has 0 aliphatic heterocycles.